The Hall–Kier alpha value is -1.15. The quantitative estimate of drug-likeness (QED) is 0.760. The van der Waals surface area contributed by atoms with Gasteiger partial charge in [0.1, 0.15) is 5.78 Å². The van der Waals surface area contributed by atoms with Gasteiger partial charge in [-0.1, -0.05) is 44.2 Å². The number of Topliss-reactive ketones (excluding diaryl/α,β-unsaturated/α-hetero) is 1. The van der Waals surface area contributed by atoms with Crippen LogP contribution >= 0.6 is 0 Å². The van der Waals surface area contributed by atoms with Crippen molar-refractivity contribution in [1.29, 1.82) is 0 Å². The zero-order valence-corrected chi connectivity index (χ0v) is 9.40. The minimum absolute atomic E-state index is 0.174. The topological polar surface area (TPSA) is 26.3 Å². The largest absolute Gasteiger partial charge is 0.373 e. The van der Waals surface area contributed by atoms with Crippen molar-refractivity contribution in [3.63, 3.8) is 0 Å². The molecule has 0 N–H and O–H groups in total. The van der Waals surface area contributed by atoms with Gasteiger partial charge < -0.3 is 4.74 Å². The van der Waals surface area contributed by atoms with Crippen molar-refractivity contribution in [3.05, 3.63) is 35.9 Å². The third-order valence-corrected chi connectivity index (χ3v) is 2.24. The average molecular weight is 206 g/mol. The predicted octanol–water partition coefficient (Wildman–Crippen LogP) is 2.96. The molecule has 2 heteroatoms. The molecule has 0 unspecified atom stereocenters. The Morgan fingerprint density at radius 3 is 2.33 bits per heavy atom. The number of ether oxygens (including phenoxy) is 1. The van der Waals surface area contributed by atoms with Crippen LogP contribution < -0.4 is 0 Å². The lowest BCUT2D eigenvalue weighted by Gasteiger charge is -2.24. The molecule has 0 amide bonds. The summed E-state index contributed by atoms with van der Waals surface area (Å²) in [5.41, 5.74) is 1.17. The summed E-state index contributed by atoms with van der Waals surface area (Å²) in [5, 5.41) is 0. The molecule has 1 fully saturated rings. The molecule has 2 nitrogen and oxygen atoms in total. The second-order valence-corrected chi connectivity index (χ2v) is 3.37. The summed E-state index contributed by atoms with van der Waals surface area (Å²) in [7, 11) is 0. The second-order valence-electron chi connectivity index (χ2n) is 3.37. The van der Waals surface area contributed by atoms with Crippen LogP contribution in [-0.4, -0.2) is 11.9 Å². The van der Waals surface area contributed by atoms with Gasteiger partial charge in [-0.3, -0.25) is 4.79 Å². The standard InChI is InChI=1S/C11H12O2.C2H6/c12-10-6-11(7-10)13-8-9-4-2-1-3-5-9;1-2/h1-5,11H,6-8H2;1-2H3. The number of rotatable bonds is 3. The first kappa shape index (κ1) is 11.9. The van der Waals surface area contributed by atoms with Crippen LogP contribution in [0.15, 0.2) is 30.3 Å². The molecule has 0 spiro atoms. The van der Waals surface area contributed by atoms with E-state index in [0.29, 0.717) is 25.2 Å². The monoisotopic (exact) mass is 206 g/mol. The summed E-state index contributed by atoms with van der Waals surface area (Å²) in [5.74, 6) is 0.318. The molecule has 0 bridgehead atoms. The molecule has 0 heterocycles. The molecule has 1 aromatic carbocycles. The second kappa shape index (κ2) is 6.36. The SMILES string of the molecule is CC.O=C1CC(OCc2ccccc2)C1. The van der Waals surface area contributed by atoms with E-state index in [2.05, 4.69) is 0 Å². The number of ketones is 1. The molecule has 0 saturated heterocycles. The van der Waals surface area contributed by atoms with Gasteiger partial charge in [-0.25, -0.2) is 0 Å². The van der Waals surface area contributed by atoms with Crippen LogP contribution in [-0.2, 0) is 16.1 Å². The summed E-state index contributed by atoms with van der Waals surface area (Å²) in [6, 6.07) is 10.0. The lowest BCUT2D eigenvalue weighted by Crippen LogP contribution is -2.31. The molecular formula is C13H18O2. The van der Waals surface area contributed by atoms with Gasteiger partial charge in [0.25, 0.3) is 0 Å². The van der Waals surface area contributed by atoms with Crippen LogP contribution in [0.5, 0.6) is 0 Å². The molecule has 82 valence electrons. The van der Waals surface area contributed by atoms with E-state index >= 15 is 0 Å². The molecule has 1 aliphatic carbocycles. The molecule has 0 radical (unpaired) electrons. The molecule has 0 aliphatic heterocycles. The van der Waals surface area contributed by atoms with Crippen molar-refractivity contribution in [3.8, 4) is 0 Å². The van der Waals surface area contributed by atoms with E-state index in [1.165, 1.54) is 5.56 Å². The Balaban J connectivity index is 0.000000531. The fraction of sp³-hybridized carbons (Fsp3) is 0.462. The van der Waals surface area contributed by atoms with Crippen LogP contribution in [0.4, 0.5) is 0 Å². The Labute approximate surface area is 91.3 Å². The van der Waals surface area contributed by atoms with Crippen LogP contribution in [0.1, 0.15) is 32.3 Å². The highest BCUT2D eigenvalue weighted by Crippen LogP contribution is 2.19. The fourth-order valence-electron chi connectivity index (χ4n) is 1.35. The number of hydrogen-bond acceptors (Lipinski definition) is 2. The summed E-state index contributed by atoms with van der Waals surface area (Å²) >= 11 is 0. The Kier molecular flexibility index (Phi) is 5.05. The smallest absolute Gasteiger partial charge is 0.138 e. The number of carbonyl (C=O) groups excluding carboxylic acids is 1. The van der Waals surface area contributed by atoms with Gasteiger partial charge in [-0.2, -0.15) is 0 Å². The zero-order chi connectivity index (χ0) is 11.1. The third-order valence-electron chi connectivity index (χ3n) is 2.24. The van der Waals surface area contributed by atoms with E-state index in [-0.39, 0.29) is 6.10 Å². The first-order valence-corrected chi connectivity index (χ1v) is 5.52. The highest BCUT2D eigenvalue weighted by atomic mass is 16.5. The summed E-state index contributed by atoms with van der Waals surface area (Å²) in [4.78, 5) is 10.6. The molecule has 0 aromatic heterocycles. The van der Waals surface area contributed by atoms with Gasteiger partial charge in [0.2, 0.25) is 0 Å². The maximum absolute atomic E-state index is 10.6. The summed E-state index contributed by atoms with van der Waals surface area (Å²) in [6.07, 6.45) is 1.38. The van der Waals surface area contributed by atoms with Gasteiger partial charge in [-0.15, -0.1) is 0 Å². The minimum atomic E-state index is 0.174. The van der Waals surface area contributed by atoms with E-state index in [1.54, 1.807) is 0 Å². The molecule has 15 heavy (non-hydrogen) atoms. The van der Waals surface area contributed by atoms with Crippen molar-refractivity contribution < 1.29 is 9.53 Å². The van der Waals surface area contributed by atoms with Crippen LogP contribution in [0.2, 0.25) is 0 Å². The Bertz CT molecular complexity index is 285. The molecule has 1 saturated carbocycles. The van der Waals surface area contributed by atoms with E-state index in [4.69, 9.17) is 4.74 Å². The van der Waals surface area contributed by atoms with Crippen molar-refractivity contribution in [2.24, 2.45) is 0 Å². The summed E-state index contributed by atoms with van der Waals surface area (Å²) in [6.45, 7) is 4.62. The van der Waals surface area contributed by atoms with E-state index in [1.807, 2.05) is 44.2 Å². The Morgan fingerprint density at radius 1 is 1.20 bits per heavy atom. The van der Waals surface area contributed by atoms with Crippen molar-refractivity contribution >= 4 is 5.78 Å². The van der Waals surface area contributed by atoms with Gasteiger partial charge in [-0.05, 0) is 5.56 Å². The first-order valence-electron chi connectivity index (χ1n) is 5.52. The Morgan fingerprint density at radius 2 is 1.80 bits per heavy atom. The first-order chi connectivity index (χ1) is 7.34. The normalized spacial score (nSPS) is 15.2. The number of hydrogen-bond donors (Lipinski definition) is 0. The van der Waals surface area contributed by atoms with Crippen molar-refractivity contribution in [2.45, 2.75) is 39.4 Å². The van der Waals surface area contributed by atoms with E-state index in [0.717, 1.165) is 0 Å². The lowest BCUT2D eigenvalue weighted by molar-refractivity contribution is -0.135. The highest BCUT2D eigenvalue weighted by Gasteiger charge is 2.26. The minimum Gasteiger partial charge on any atom is -0.373 e. The summed E-state index contributed by atoms with van der Waals surface area (Å²) < 4.78 is 5.51. The number of benzene rings is 1. The third kappa shape index (κ3) is 3.84. The highest BCUT2D eigenvalue weighted by molar-refractivity contribution is 5.85. The molecule has 1 aliphatic rings. The zero-order valence-electron chi connectivity index (χ0n) is 9.40. The lowest BCUT2D eigenvalue weighted by atomic mass is 9.94. The maximum atomic E-state index is 10.6. The van der Waals surface area contributed by atoms with Gasteiger partial charge >= 0.3 is 0 Å². The molecule has 2 rings (SSSR count). The van der Waals surface area contributed by atoms with Crippen molar-refractivity contribution in [1.82, 2.24) is 0 Å². The van der Waals surface area contributed by atoms with Gasteiger partial charge in [0.05, 0.1) is 12.7 Å². The van der Waals surface area contributed by atoms with Gasteiger partial charge in [0, 0.05) is 12.8 Å². The maximum Gasteiger partial charge on any atom is 0.138 e. The molecule has 1 aromatic rings. The number of carbonyl (C=O) groups is 1. The predicted molar refractivity (Wildman–Crippen MR) is 60.6 cm³/mol. The molecule has 0 atom stereocenters. The van der Waals surface area contributed by atoms with Crippen molar-refractivity contribution in [2.75, 3.05) is 0 Å². The van der Waals surface area contributed by atoms with Crippen LogP contribution in [0.25, 0.3) is 0 Å². The van der Waals surface area contributed by atoms with Crippen LogP contribution in [0.3, 0.4) is 0 Å². The van der Waals surface area contributed by atoms with E-state index in [9.17, 15) is 4.79 Å². The van der Waals surface area contributed by atoms with E-state index < -0.39 is 0 Å². The molecular weight excluding hydrogens is 188 g/mol. The average Bonchev–Trinajstić information content (AvgIpc) is 2.27. The van der Waals surface area contributed by atoms with Gasteiger partial charge in [0.15, 0.2) is 0 Å². The van der Waals surface area contributed by atoms with Crippen LogP contribution in [0, 0.1) is 0 Å². The fourth-order valence-corrected chi connectivity index (χ4v) is 1.35.